The van der Waals surface area contributed by atoms with Crippen LogP contribution in [0, 0.1) is 0 Å². The molecule has 36 heavy (non-hydrogen) atoms. The van der Waals surface area contributed by atoms with Crippen molar-refractivity contribution in [2.24, 2.45) is 0 Å². The van der Waals surface area contributed by atoms with Crippen molar-refractivity contribution in [1.29, 1.82) is 0 Å². The highest BCUT2D eigenvalue weighted by atomic mass is 16.4. The first-order valence-electron chi connectivity index (χ1n) is 13.8. The molecule has 2 aromatic heterocycles. The van der Waals surface area contributed by atoms with Crippen molar-refractivity contribution in [3.8, 4) is 0 Å². The number of aromatic nitrogens is 3. The number of carboxylic acid groups (broad SMARTS) is 1. The molecular formula is C29H37N5O2. The van der Waals surface area contributed by atoms with Crippen LogP contribution in [0.5, 0.6) is 0 Å². The maximum atomic E-state index is 12.2. The molecule has 190 valence electrons. The molecule has 0 spiro atoms. The number of nitrogens with zero attached hydrogens (tertiary/aromatic N) is 5. The molecule has 1 N–H and O–H groups in total. The second-order valence-electron chi connectivity index (χ2n) is 11.0. The third kappa shape index (κ3) is 4.38. The third-order valence-corrected chi connectivity index (χ3v) is 8.63. The Balaban J connectivity index is 1.38. The fourth-order valence-electron chi connectivity index (χ4n) is 6.32. The molecule has 0 unspecified atom stereocenters. The summed E-state index contributed by atoms with van der Waals surface area (Å²) in [5.41, 5.74) is 4.43. The van der Waals surface area contributed by atoms with E-state index >= 15 is 0 Å². The van der Waals surface area contributed by atoms with E-state index in [1.165, 1.54) is 31.2 Å². The molecule has 0 bridgehead atoms. The van der Waals surface area contributed by atoms with E-state index in [1.54, 1.807) is 0 Å². The lowest BCUT2D eigenvalue weighted by atomic mass is 9.82. The van der Waals surface area contributed by atoms with Crippen molar-refractivity contribution in [3.05, 3.63) is 53.3 Å². The number of piperazine rings is 1. The number of anilines is 1. The number of benzene rings is 1. The Hall–Kier alpha value is -2.93. The smallest absolute Gasteiger partial charge is 0.354 e. The molecule has 3 aliphatic rings. The molecule has 3 aromatic rings. The zero-order valence-corrected chi connectivity index (χ0v) is 21.3. The maximum Gasteiger partial charge on any atom is 0.354 e. The minimum Gasteiger partial charge on any atom is -0.477 e. The lowest BCUT2D eigenvalue weighted by molar-refractivity contribution is 0.0690. The van der Waals surface area contributed by atoms with Gasteiger partial charge in [0, 0.05) is 38.1 Å². The molecule has 7 nitrogen and oxygen atoms in total. The zero-order chi connectivity index (χ0) is 24.6. The van der Waals surface area contributed by atoms with Crippen molar-refractivity contribution < 1.29 is 9.90 Å². The topological polar surface area (TPSA) is 74.5 Å². The Kier molecular flexibility index (Phi) is 6.42. The summed E-state index contributed by atoms with van der Waals surface area (Å²) in [6.07, 6.45) is 9.46. The van der Waals surface area contributed by atoms with Gasteiger partial charge in [-0.3, -0.25) is 4.90 Å². The largest absolute Gasteiger partial charge is 0.477 e. The van der Waals surface area contributed by atoms with E-state index in [9.17, 15) is 9.90 Å². The quantitative estimate of drug-likeness (QED) is 0.487. The van der Waals surface area contributed by atoms with Gasteiger partial charge in [0.05, 0.1) is 22.8 Å². The van der Waals surface area contributed by atoms with Crippen LogP contribution in [0.3, 0.4) is 0 Å². The van der Waals surface area contributed by atoms with Gasteiger partial charge in [-0.2, -0.15) is 5.10 Å². The average molecular weight is 488 g/mol. The number of aromatic carboxylic acids is 1. The molecule has 3 heterocycles. The average Bonchev–Trinajstić information content (AvgIpc) is 3.24. The van der Waals surface area contributed by atoms with Crippen molar-refractivity contribution in [1.82, 2.24) is 19.7 Å². The number of hydrogen-bond donors (Lipinski definition) is 1. The van der Waals surface area contributed by atoms with Crippen molar-refractivity contribution in [3.63, 3.8) is 0 Å². The summed E-state index contributed by atoms with van der Waals surface area (Å²) in [5.74, 6) is -0.499. The van der Waals surface area contributed by atoms with Gasteiger partial charge in [-0.1, -0.05) is 56.0 Å². The van der Waals surface area contributed by atoms with Crippen molar-refractivity contribution in [2.45, 2.75) is 82.8 Å². The SMILES string of the molecule is C[C@H]1CN(c2cc(C(=O)O)nc3c2c(C2CCC2)nn3C2CCCCC2)CCN1Cc1ccccc1. The Bertz CT molecular complexity index is 1230. The van der Waals surface area contributed by atoms with Crippen LogP contribution >= 0.6 is 0 Å². The standard InChI is InChI=1S/C29H37N5O2/c1-20-18-33(16-15-32(20)19-21-9-4-2-5-10-21)25-17-24(29(35)36)30-28-26(25)27(22-11-8-12-22)31-34(28)23-13-6-3-7-14-23/h2,4-5,9-10,17,20,22-23H,3,6-8,11-16,18-19H2,1H3,(H,35,36)/t20-/m0/s1. The Morgan fingerprint density at radius 3 is 2.47 bits per heavy atom. The van der Waals surface area contributed by atoms with Crippen LogP contribution in [-0.2, 0) is 6.54 Å². The minimum atomic E-state index is -0.962. The van der Waals surface area contributed by atoms with Gasteiger partial charge < -0.3 is 10.0 Å². The predicted octanol–water partition coefficient (Wildman–Crippen LogP) is 5.61. The van der Waals surface area contributed by atoms with E-state index in [2.05, 4.69) is 51.7 Å². The van der Waals surface area contributed by atoms with Crippen LogP contribution < -0.4 is 4.90 Å². The lowest BCUT2D eigenvalue weighted by Gasteiger charge is -2.41. The second-order valence-corrected chi connectivity index (χ2v) is 11.0. The Morgan fingerprint density at radius 1 is 1.03 bits per heavy atom. The highest BCUT2D eigenvalue weighted by Gasteiger charge is 2.33. The molecule has 7 heteroatoms. The van der Waals surface area contributed by atoms with Crippen LogP contribution in [0.25, 0.3) is 11.0 Å². The van der Waals surface area contributed by atoms with E-state index in [1.807, 2.05) is 6.07 Å². The molecule has 0 radical (unpaired) electrons. The summed E-state index contributed by atoms with van der Waals surface area (Å²) in [4.78, 5) is 21.8. The van der Waals surface area contributed by atoms with Gasteiger partial charge in [-0.15, -0.1) is 0 Å². The summed E-state index contributed by atoms with van der Waals surface area (Å²) < 4.78 is 2.12. The summed E-state index contributed by atoms with van der Waals surface area (Å²) in [5, 5.41) is 16.3. The van der Waals surface area contributed by atoms with Gasteiger partial charge in [-0.25, -0.2) is 14.5 Å². The van der Waals surface area contributed by atoms with E-state index in [0.29, 0.717) is 18.0 Å². The molecule has 1 saturated heterocycles. The number of hydrogen-bond acceptors (Lipinski definition) is 5. The molecule has 1 aliphatic heterocycles. The van der Waals surface area contributed by atoms with Gasteiger partial charge >= 0.3 is 5.97 Å². The summed E-state index contributed by atoms with van der Waals surface area (Å²) in [6, 6.07) is 13.1. The van der Waals surface area contributed by atoms with Gasteiger partial charge in [0.1, 0.15) is 0 Å². The monoisotopic (exact) mass is 487 g/mol. The third-order valence-electron chi connectivity index (χ3n) is 8.63. The van der Waals surface area contributed by atoms with Crippen LogP contribution in [0.4, 0.5) is 5.69 Å². The first-order chi connectivity index (χ1) is 17.6. The molecule has 3 fully saturated rings. The summed E-state index contributed by atoms with van der Waals surface area (Å²) >= 11 is 0. The van der Waals surface area contributed by atoms with Gasteiger partial charge in [-0.05, 0) is 44.2 Å². The number of rotatable bonds is 6. The fraction of sp³-hybridized carbons (Fsp3) is 0.552. The minimum absolute atomic E-state index is 0.133. The van der Waals surface area contributed by atoms with Gasteiger partial charge in [0.25, 0.3) is 0 Å². The van der Waals surface area contributed by atoms with Crippen LogP contribution in [0.2, 0.25) is 0 Å². The molecule has 6 rings (SSSR count). The molecule has 0 amide bonds. The van der Waals surface area contributed by atoms with Gasteiger partial charge in [0.15, 0.2) is 11.3 Å². The van der Waals surface area contributed by atoms with Crippen LogP contribution in [0.15, 0.2) is 36.4 Å². The number of carboxylic acids is 1. The highest BCUT2D eigenvalue weighted by molar-refractivity contribution is 5.98. The van der Waals surface area contributed by atoms with Crippen LogP contribution in [0.1, 0.15) is 92.0 Å². The van der Waals surface area contributed by atoms with Crippen molar-refractivity contribution >= 4 is 22.7 Å². The lowest BCUT2D eigenvalue weighted by Crippen LogP contribution is -2.51. The maximum absolute atomic E-state index is 12.2. The van der Waals surface area contributed by atoms with E-state index in [-0.39, 0.29) is 5.69 Å². The van der Waals surface area contributed by atoms with E-state index < -0.39 is 5.97 Å². The first kappa shape index (κ1) is 23.5. The number of carbonyl (C=O) groups is 1. The molecule has 2 saturated carbocycles. The van der Waals surface area contributed by atoms with E-state index in [0.717, 1.165) is 74.3 Å². The number of fused-ring (bicyclic) bond motifs is 1. The Labute approximate surface area is 213 Å². The van der Waals surface area contributed by atoms with Crippen LogP contribution in [-0.4, -0.2) is 56.4 Å². The predicted molar refractivity (Wildman–Crippen MR) is 142 cm³/mol. The number of pyridine rings is 1. The Morgan fingerprint density at radius 2 is 1.81 bits per heavy atom. The zero-order valence-electron chi connectivity index (χ0n) is 21.3. The normalized spacial score (nSPS) is 22.1. The van der Waals surface area contributed by atoms with E-state index in [4.69, 9.17) is 10.1 Å². The van der Waals surface area contributed by atoms with Gasteiger partial charge in [0.2, 0.25) is 0 Å². The molecule has 1 atom stereocenters. The summed E-state index contributed by atoms with van der Waals surface area (Å²) in [7, 11) is 0. The highest BCUT2D eigenvalue weighted by Crippen LogP contribution is 2.44. The molecular weight excluding hydrogens is 450 g/mol. The molecule has 1 aromatic carbocycles. The first-order valence-corrected chi connectivity index (χ1v) is 13.8. The molecule has 2 aliphatic carbocycles. The van der Waals surface area contributed by atoms with Crippen molar-refractivity contribution in [2.75, 3.05) is 24.5 Å². The fourth-order valence-corrected chi connectivity index (χ4v) is 6.32. The summed E-state index contributed by atoms with van der Waals surface area (Å²) in [6.45, 7) is 5.90. The second kappa shape index (κ2) is 9.85.